The fourth-order valence-corrected chi connectivity index (χ4v) is 3.37. The summed E-state index contributed by atoms with van der Waals surface area (Å²) in [6.07, 6.45) is -5.87. The highest BCUT2D eigenvalue weighted by Gasteiger charge is 2.35. The van der Waals surface area contributed by atoms with E-state index in [-0.39, 0.29) is 22.8 Å². The summed E-state index contributed by atoms with van der Waals surface area (Å²) in [4.78, 5) is 14.2. The Labute approximate surface area is 168 Å². The van der Waals surface area contributed by atoms with Gasteiger partial charge >= 0.3 is 6.18 Å². The first kappa shape index (κ1) is 21.5. The van der Waals surface area contributed by atoms with Crippen LogP contribution in [-0.2, 0) is 17.5 Å². The van der Waals surface area contributed by atoms with Gasteiger partial charge in [-0.1, -0.05) is 17.7 Å². The quantitative estimate of drug-likeness (QED) is 0.695. The van der Waals surface area contributed by atoms with E-state index in [1.807, 2.05) is 0 Å². The fourth-order valence-electron chi connectivity index (χ4n) is 3.15. The van der Waals surface area contributed by atoms with Gasteiger partial charge in [-0.15, -0.1) is 0 Å². The van der Waals surface area contributed by atoms with Crippen LogP contribution in [0.15, 0.2) is 30.3 Å². The monoisotopic (exact) mass is 432 g/mol. The number of halogens is 5. The number of hydrogen-bond acceptors (Lipinski definition) is 4. The van der Waals surface area contributed by atoms with Gasteiger partial charge in [-0.05, 0) is 29.8 Å². The molecular formula is C19H17ClF4N2O3. The van der Waals surface area contributed by atoms with Crippen molar-refractivity contribution in [2.75, 3.05) is 25.6 Å². The zero-order chi connectivity index (χ0) is 21.3. The molecule has 0 fully saturated rings. The third kappa shape index (κ3) is 4.37. The molecule has 29 heavy (non-hydrogen) atoms. The number of nitrogens with zero attached hydrogens (tertiary/aromatic N) is 1. The van der Waals surface area contributed by atoms with Crippen LogP contribution in [-0.4, -0.2) is 36.2 Å². The number of benzene rings is 2. The number of alkyl halides is 3. The van der Waals surface area contributed by atoms with E-state index in [0.29, 0.717) is 36.4 Å². The Morgan fingerprint density at radius 3 is 2.72 bits per heavy atom. The Morgan fingerprint density at radius 2 is 2.07 bits per heavy atom. The molecule has 1 amide bonds. The van der Waals surface area contributed by atoms with Crippen molar-refractivity contribution >= 4 is 23.2 Å². The van der Waals surface area contributed by atoms with Gasteiger partial charge in [0.05, 0.1) is 22.9 Å². The average Bonchev–Trinajstić information content (AvgIpc) is 2.97. The van der Waals surface area contributed by atoms with Gasteiger partial charge in [0.2, 0.25) is 0 Å². The zero-order valence-electron chi connectivity index (χ0n) is 15.2. The summed E-state index contributed by atoms with van der Waals surface area (Å²) < 4.78 is 57.2. The van der Waals surface area contributed by atoms with Gasteiger partial charge in [-0.2, -0.15) is 13.2 Å². The molecule has 156 valence electrons. The Morgan fingerprint density at radius 1 is 1.34 bits per heavy atom. The summed E-state index contributed by atoms with van der Waals surface area (Å²) in [6, 6.07) is 5.08. The highest BCUT2D eigenvalue weighted by atomic mass is 35.5. The third-order valence-corrected chi connectivity index (χ3v) is 4.95. The first-order chi connectivity index (χ1) is 13.6. The van der Waals surface area contributed by atoms with Crippen molar-refractivity contribution in [1.82, 2.24) is 4.90 Å². The van der Waals surface area contributed by atoms with Gasteiger partial charge in [0, 0.05) is 31.3 Å². The number of fused-ring (bicyclic) bond motifs is 1. The molecule has 2 N–H and O–H groups in total. The summed E-state index contributed by atoms with van der Waals surface area (Å²) in [7, 11) is 1.52. The number of carbonyl (C=O) groups is 1. The van der Waals surface area contributed by atoms with Crippen LogP contribution in [0.4, 0.5) is 23.2 Å². The smallest absolute Gasteiger partial charge is 0.383 e. The fraction of sp³-hybridized carbons (Fsp3) is 0.316. The lowest BCUT2D eigenvalue weighted by Crippen LogP contribution is -2.25. The van der Waals surface area contributed by atoms with Crippen molar-refractivity contribution in [3.05, 3.63) is 63.4 Å². The van der Waals surface area contributed by atoms with E-state index in [4.69, 9.17) is 16.3 Å². The van der Waals surface area contributed by atoms with E-state index < -0.39 is 29.7 Å². The molecule has 0 spiro atoms. The molecule has 0 radical (unpaired) electrons. The van der Waals surface area contributed by atoms with Crippen molar-refractivity contribution in [3.8, 4) is 0 Å². The normalized spacial score (nSPS) is 16.7. The van der Waals surface area contributed by atoms with Crippen molar-refractivity contribution in [2.45, 2.75) is 18.9 Å². The SMILES string of the molecule is COCCN1Cc2c(ccc(Cl)c2NC(=O)c2ccc(F)c(C(F)(F)F)c2)C1O. The predicted molar refractivity (Wildman–Crippen MR) is 98.1 cm³/mol. The van der Waals surface area contributed by atoms with E-state index in [1.165, 1.54) is 13.2 Å². The predicted octanol–water partition coefficient (Wildman–Crippen LogP) is 4.20. The molecule has 0 aliphatic carbocycles. The van der Waals surface area contributed by atoms with Crippen LogP contribution in [0.3, 0.4) is 0 Å². The average molecular weight is 433 g/mol. The second kappa shape index (κ2) is 8.27. The lowest BCUT2D eigenvalue weighted by atomic mass is 10.1. The molecule has 1 aliphatic heterocycles. The number of aliphatic hydroxyl groups is 1. The molecule has 10 heteroatoms. The van der Waals surface area contributed by atoms with E-state index in [0.717, 1.165) is 6.07 Å². The van der Waals surface area contributed by atoms with Gasteiger partial charge in [-0.3, -0.25) is 9.69 Å². The van der Waals surface area contributed by atoms with Crippen LogP contribution in [0.25, 0.3) is 0 Å². The summed E-state index contributed by atoms with van der Waals surface area (Å²) >= 11 is 6.19. The molecule has 0 bridgehead atoms. The minimum atomic E-state index is -4.93. The molecule has 0 saturated heterocycles. The number of anilines is 1. The molecule has 3 rings (SSSR count). The van der Waals surface area contributed by atoms with Crippen LogP contribution >= 0.6 is 11.6 Å². The van der Waals surface area contributed by atoms with Crippen LogP contribution in [0, 0.1) is 5.82 Å². The minimum Gasteiger partial charge on any atom is -0.383 e. The highest BCUT2D eigenvalue weighted by molar-refractivity contribution is 6.34. The Kier molecular flexibility index (Phi) is 6.13. The maximum absolute atomic E-state index is 13.5. The largest absolute Gasteiger partial charge is 0.419 e. The molecule has 1 atom stereocenters. The molecule has 2 aromatic rings. The summed E-state index contributed by atoms with van der Waals surface area (Å²) in [6.45, 7) is 1.05. The van der Waals surface area contributed by atoms with Crippen molar-refractivity contribution in [1.29, 1.82) is 0 Å². The zero-order valence-corrected chi connectivity index (χ0v) is 15.9. The summed E-state index contributed by atoms with van der Waals surface area (Å²) in [5.41, 5.74) is -0.646. The first-order valence-corrected chi connectivity index (χ1v) is 8.91. The molecule has 0 aromatic heterocycles. The Balaban J connectivity index is 1.90. The molecule has 5 nitrogen and oxygen atoms in total. The number of carbonyl (C=O) groups excluding carboxylic acids is 1. The van der Waals surface area contributed by atoms with E-state index in [9.17, 15) is 27.5 Å². The van der Waals surface area contributed by atoms with Gasteiger partial charge in [0.25, 0.3) is 5.91 Å². The number of aliphatic hydroxyl groups excluding tert-OH is 1. The van der Waals surface area contributed by atoms with Crippen molar-refractivity contribution in [3.63, 3.8) is 0 Å². The van der Waals surface area contributed by atoms with Gasteiger partial charge in [0.1, 0.15) is 12.0 Å². The van der Waals surface area contributed by atoms with Crippen molar-refractivity contribution < 1.29 is 32.2 Å². The second-order valence-corrected chi connectivity index (χ2v) is 6.88. The molecular weight excluding hydrogens is 416 g/mol. The topological polar surface area (TPSA) is 61.8 Å². The van der Waals surface area contributed by atoms with Gasteiger partial charge in [-0.25, -0.2) is 4.39 Å². The molecule has 1 unspecified atom stereocenters. The molecule has 2 aromatic carbocycles. The van der Waals surface area contributed by atoms with Crippen LogP contribution in [0.2, 0.25) is 5.02 Å². The molecule has 0 saturated carbocycles. The number of methoxy groups -OCH3 is 1. The van der Waals surface area contributed by atoms with E-state index in [2.05, 4.69) is 5.32 Å². The van der Waals surface area contributed by atoms with Crippen molar-refractivity contribution in [2.24, 2.45) is 0 Å². The number of nitrogens with one attached hydrogen (secondary N) is 1. The second-order valence-electron chi connectivity index (χ2n) is 6.47. The number of ether oxygens (including phenoxy) is 1. The molecule has 1 aliphatic rings. The highest BCUT2D eigenvalue weighted by Crippen LogP contribution is 2.40. The van der Waals surface area contributed by atoms with Gasteiger partial charge < -0.3 is 15.2 Å². The maximum atomic E-state index is 13.5. The minimum absolute atomic E-state index is 0.163. The Bertz CT molecular complexity index is 936. The first-order valence-electron chi connectivity index (χ1n) is 8.54. The van der Waals surface area contributed by atoms with Crippen LogP contribution in [0.1, 0.15) is 33.3 Å². The van der Waals surface area contributed by atoms with Crippen LogP contribution in [0.5, 0.6) is 0 Å². The molecule has 1 heterocycles. The van der Waals surface area contributed by atoms with E-state index in [1.54, 1.807) is 11.0 Å². The lowest BCUT2D eigenvalue weighted by molar-refractivity contribution is -0.140. The maximum Gasteiger partial charge on any atom is 0.419 e. The third-order valence-electron chi connectivity index (χ3n) is 4.64. The van der Waals surface area contributed by atoms with E-state index >= 15 is 0 Å². The lowest BCUT2D eigenvalue weighted by Gasteiger charge is -2.19. The number of amides is 1. The standard InChI is InChI=1S/C19H17ClF4N2O3/c1-29-7-6-26-9-12-11(18(26)28)3-4-14(20)16(12)25-17(27)10-2-5-15(21)13(8-10)19(22,23)24/h2-5,8,18,28H,6-7,9H2,1H3,(H,25,27). The van der Waals surface area contributed by atoms with Crippen LogP contribution < -0.4 is 5.32 Å². The number of rotatable bonds is 5. The van der Waals surface area contributed by atoms with Gasteiger partial charge in [0.15, 0.2) is 0 Å². The summed E-state index contributed by atoms with van der Waals surface area (Å²) in [5, 5.41) is 13.1. The summed E-state index contributed by atoms with van der Waals surface area (Å²) in [5.74, 6) is -2.35. The Hall–Kier alpha value is -2.20. The number of hydrogen-bond donors (Lipinski definition) is 2.